The van der Waals surface area contributed by atoms with Gasteiger partial charge in [-0.05, 0) is 30.8 Å². The lowest BCUT2D eigenvalue weighted by molar-refractivity contribution is 0.0601. The summed E-state index contributed by atoms with van der Waals surface area (Å²) < 4.78 is 10.4. The molecule has 0 unspecified atom stereocenters. The summed E-state index contributed by atoms with van der Waals surface area (Å²) in [6.45, 7) is 3.68. The molecule has 0 aliphatic heterocycles. The van der Waals surface area contributed by atoms with E-state index >= 15 is 0 Å². The van der Waals surface area contributed by atoms with Gasteiger partial charge in [0.05, 0.1) is 19.2 Å². The number of rotatable bonds is 5. The molecule has 0 saturated heterocycles. The summed E-state index contributed by atoms with van der Waals surface area (Å²) in [5, 5.41) is 3.21. The molecule has 2 rings (SSSR count). The van der Waals surface area contributed by atoms with Crippen molar-refractivity contribution >= 4 is 5.97 Å². The number of ether oxygens (including phenoxy) is 1. The van der Waals surface area contributed by atoms with Gasteiger partial charge in [-0.25, -0.2) is 4.79 Å². The van der Waals surface area contributed by atoms with E-state index in [-0.39, 0.29) is 5.97 Å². The first-order valence-corrected chi connectivity index (χ1v) is 6.22. The third kappa shape index (κ3) is 3.23. The van der Waals surface area contributed by atoms with E-state index in [0.29, 0.717) is 5.56 Å². The van der Waals surface area contributed by atoms with Crippen LogP contribution >= 0.6 is 0 Å². The van der Waals surface area contributed by atoms with Crippen molar-refractivity contribution in [3.8, 4) is 11.3 Å². The number of carbonyl (C=O) groups is 1. The van der Waals surface area contributed by atoms with Gasteiger partial charge in [0.1, 0.15) is 11.5 Å². The summed E-state index contributed by atoms with van der Waals surface area (Å²) in [5.41, 5.74) is 1.47. The lowest BCUT2D eigenvalue weighted by Crippen LogP contribution is -2.10. The van der Waals surface area contributed by atoms with Gasteiger partial charge in [0.15, 0.2) is 0 Å². The number of hydrogen-bond acceptors (Lipinski definition) is 4. The number of nitrogens with one attached hydrogen (secondary N) is 1. The van der Waals surface area contributed by atoms with Gasteiger partial charge in [0.2, 0.25) is 0 Å². The van der Waals surface area contributed by atoms with Gasteiger partial charge in [-0.1, -0.05) is 19.1 Å². The molecule has 0 fully saturated rings. The summed E-state index contributed by atoms with van der Waals surface area (Å²) in [6.07, 6.45) is 0. The molecule has 2 aromatic rings. The Morgan fingerprint density at radius 1 is 1.21 bits per heavy atom. The highest BCUT2D eigenvalue weighted by molar-refractivity contribution is 5.89. The minimum absolute atomic E-state index is 0.334. The van der Waals surface area contributed by atoms with E-state index in [1.165, 1.54) is 7.11 Å². The Kier molecular flexibility index (Phi) is 4.36. The van der Waals surface area contributed by atoms with Crippen LogP contribution in [0, 0.1) is 0 Å². The summed E-state index contributed by atoms with van der Waals surface area (Å²) in [6, 6.07) is 11.0. The zero-order valence-corrected chi connectivity index (χ0v) is 11.1. The van der Waals surface area contributed by atoms with E-state index in [0.717, 1.165) is 30.2 Å². The highest BCUT2D eigenvalue weighted by Gasteiger charge is 2.07. The van der Waals surface area contributed by atoms with Crippen LogP contribution in [0.3, 0.4) is 0 Å². The summed E-state index contributed by atoms with van der Waals surface area (Å²) in [5.74, 6) is 1.36. The average Bonchev–Trinajstić information content (AvgIpc) is 2.93. The van der Waals surface area contributed by atoms with Crippen molar-refractivity contribution in [2.45, 2.75) is 13.5 Å². The lowest BCUT2D eigenvalue weighted by Gasteiger charge is -2.01. The van der Waals surface area contributed by atoms with Gasteiger partial charge < -0.3 is 14.5 Å². The van der Waals surface area contributed by atoms with Crippen LogP contribution in [0.5, 0.6) is 0 Å². The first kappa shape index (κ1) is 13.4. The smallest absolute Gasteiger partial charge is 0.337 e. The number of carbonyl (C=O) groups excluding carboxylic acids is 1. The number of hydrogen-bond donors (Lipinski definition) is 1. The van der Waals surface area contributed by atoms with Crippen LogP contribution < -0.4 is 5.32 Å². The molecule has 19 heavy (non-hydrogen) atoms. The van der Waals surface area contributed by atoms with Crippen molar-refractivity contribution in [3.63, 3.8) is 0 Å². The summed E-state index contributed by atoms with van der Waals surface area (Å²) >= 11 is 0. The van der Waals surface area contributed by atoms with E-state index < -0.39 is 0 Å². The molecule has 1 N–H and O–H groups in total. The third-order valence-corrected chi connectivity index (χ3v) is 2.80. The molecule has 1 heterocycles. The van der Waals surface area contributed by atoms with Crippen LogP contribution in [-0.4, -0.2) is 19.6 Å². The Morgan fingerprint density at radius 3 is 2.58 bits per heavy atom. The van der Waals surface area contributed by atoms with Crippen LogP contribution in [-0.2, 0) is 11.3 Å². The van der Waals surface area contributed by atoms with E-state index in [1.54, 1.807) is 12.1 Å². The summed E-state index contributed by atoms with van der Waals surface area (Å²) in [4.78, 5) is 11.3. The normalized spacial score (nSPS) is 10.4. The number of furan rings is 1. The Labute approximate surface area is 112 Å². The predicted molar refractivity (Wildman–Crippen MR) is 72.9 cm³/mol. The maximum Gasteiger partial charge on any atom is 0.337 e. The van der Waals surface area contributed by atoms with Crippen LogP contribution in [0.25, 0.3) is 11.3 Å². The standard InChI is InChI=1S/C15H17NO3/c1-3-16-10-13-8-9-14(19-13)11-4-6-12(7-5-11)15(17)18-2/h4-9,16H,3,10H2,1-2H3. The van der Waals surface area contributed by atoms with Crippen LogP contribution in [0.4, 0.5) is 0 Å². The number of methoxy groups -OCH3 is 1. The molecule has 1 aromatic carbocycles. The molecule has 0 aliphatic carbocycles. The number of esters is 1. The zero-order chi connectivity index (χ0) is 13.7. The first-order valence-electron chi connectivity index (χ1n) is 6.22. The number of benzene rings is 1. The van der Waals surface area contributed by atoms with Crippen LogP contribution in [0.2, 0.25) is 0 Å². The predicted octanol–water partition coefficient (Wildman–Crippen LogP) is 2.84. The fourth-order valence-electron chi connectivity index (χ4n) is 1.76. The van der Waals surface area contributed by atoms with Crippen molar-refractivity contribution in [2.75, 3.05) is 13.7 Å². The quantitative estimate of drug-likeness (QED) is 0.839. The highest BCUT2D eigenvalue weighted by atomic mass is 16.5. The first-order chi connectivity index (χ1) is 9.24. The molecule has 4 heteroatoms. The van der Waals surface area contributed by atoms with E-state index in [2.05, 4.69) is 17.0 Å². The second-order valence-corrected chi connectivity index (χ2v) is 4.12. The minimum Gasteiger partial charge on any atom is -0.465 e. The molecule has 100 valence electrons. The lowest BCUT2D eigenvalue weighted by atomic mass is 10.1. The van der Waals surface area contributed by atoms with Gasteiger partial charge in [-0.2, -0.15) is 0 Å². The second kappa shape index (κ2) is 6.20. The van der Waals surface area contributed by atoms with Crippen molar-refractivity contribution < 1.29 is 13.9 Å². The third-order valence-electron chi connectivity index (χ3n) is 2.80. The molecule has 4 nitrogen and oxygen atoms in total. The summed E-state index contributed by atoms with van der Waals surface area (Å²) in [7, 11) is 1.37. The SMILES string of the molecule is CCNCc1ccc(-c2ccc(C(=O)OC)cc2)o1. The minimum atomic E-state index is -0.334. The monoisotopic (exact) mass is 259 g/mol. The molecule has 0 amide bonds. The fraction of sp³-hybridized carbons (Fsp3) is 0.267. The molecule has 0 radical (unpaired) electrons. The Balaban J connectivity index is 2.13. The van der Waals surface area contributed by atoms with Crippen LogP contribution in [0.15, 0.2) is 40.8 Å². The molecule has 0 atom stereocenters. The van der Waals surface area contributed by atoms with Gasteiger partial charge >= 0.3 is 5.97 Å². The van der Waals surface area contributed by atoms with Gasteiger partial charge in [0, 0.05) is 5.56 Å². The zero-order valence-electron chi connectivity index (χ0n) is 11.1. The fourth-order valence-corrected chi connectivity index (χ4v) is 1.76. The van der Waals surface area contributed by atoms with Crippen molar-refractivity contribution in [3.05, 3.63) is 47.7 Å². The van der Waals surface area contributed by atoms with Crippen molar-refractivity contribution in [1.29, 1.82) is 0 Å². The van der Waals surface area contributed by atoms with Gasteiger partial charge in [-0.3, -0.25) is 0 Å². The molecule has 0 saturated carbocycles. The van der Waals surface area contributed by atoms with E-state index in [1.807, 2.05) is 24.3 Å². The van der Waals surface area contributed by atoms with Gasteiger partial charge in [0.25, 0.3) is 0 Å². The van der Waals surface area contributed by atoms with E-state index in [4.69, 9.17) is 4.42 Å². The molecular formula is C15H17NO3. The van der Waals surface area contributed by atoms with Crippen LogP contribution in [0.1, 0.15) is 23.0 Å². The topological polar surface area (TPSA) is 51.5 Å². The van der Waals surface area contributed by atoms with Gasteiger partial charge in [-0.15, -0.1) is 0 Å². The van der Waals surface area contributed by atoms with E-state index in [9.17, 15) is 4.79 Å². The molecule has 1 aromatic heterocycles. The maximum absolute atomic E-state index is 11.3. The Morgan fingerprint density at radius 2 is 1.95 bits per heavy atom. The molecule has 0 aliphatic rings. The van der Waals surface area contributed by atoms with Crippen molar-refractivity contribution in [2.24, 2.45) is 0 Å². The Hall–Kier alpha value is -2.07. The molecule has 0 bridgehead atoms. The average molecular weight is 259 g/mol. The molecule has 0 spiro atoms. The Bertz CT molecular complexity index is 543. The largest absolute Gasteiger partial charge is 0.465 e. The van der Waals surface area contributed by atoms with Crippen molar-refractivity contribution in [1.82, 2.24) is 5.32 Å². The molecular weight excluding hydrogens is 242 g/mol. The maximum atomic E-state index is 11.3. The second-order valence-electron chi connectivity index (χ2n) is 4.12. The highest BCUT2D eigenvalue weighted by Crippen LogP contribution is 2.22.